The van der Waals surface area contributed by atoms with E-state index in [0.717, 1.165) is 5.56 Å². The standard InChI is InChI=1S/C9H8ClN3O/c10-8-3-1-7(2-4-8)5-13-6-9(11)14-12-13/h1-4,6,11H,5H2. The van der Waals surface area contributed by atoms with Gasteiger partial charge in [-0.2, -0.15) is 0 Å². The molecule has 0 saturated carbocycles. The molecule has 0 saturated heterocycles. The lowest BCUT2D eigenvalue weighted by Gasteiger charge is -1.98. The molecular formula is C9H8ClN3O. The number of nitrogens with one attached hydrogen (secondary N) is 1. The van der Waals surface area contributed by atoms with Crippen molar-refractivity contribution in [1.29, 1.82) is 5.41 Å². The summed E-state index contributed by atoms with van der Waals surface area (Å²) in [6.07, 6.45) is 1.52. The average Bonchev–Trinajstić information content (AvgIpc) is 2.56. The lowest BCUT2D eigenvalue weighted by atomic mass is 10.2. The van der Waals surface area contributed by atoms with Crippen molar-refractivity contribution in [2.24, 2.45) is 0 Å². The van der Waals surface area contributed by atoms with Gasteiger partial charge in [-0.05, 0) is 12.1 Å². The molecule has 1 aromatic carbocycles. The van der Waals surface area contributed by atoms with Crippen LogP contribution in [0.15, 0.2) is 35.0 Å². The second kappa shape index (κ2) is 3.67. The summed E-state index contributed by atoms with van der Waals surface area (Å²) in [5.74, 6) is 0. The number of halogens is 1. The van der Waals surface area contributed by atoms with Crippen molar-refractivity contribution < 1.29 is 9.20 Å². The first-order valence-corrected chi connectivity index (χ1v) is 4.44. The van der Waals surface area contributed by atoms with Crippen molar-refractivity contribution in [1.82, 2.24) is 5.27 Å². The molecule has 2 aromatic rings. The third-order valence-electron chi connectivity index (χ3n) is 1.77. The molecule has 1 heterocycles. The maximum atomic E-state index is 7.14. The van der Waals surface area contributed by atoms with Gasteiger partial charge in [0.2, 0.25) is 6.20 Å². The molecule has 0 atom stereocenters. The Hall–Kier alpha value is -1.55. The molecule has 0 aliphatic carbocycles. The van der Waals surface area contributed by atoms with Crippen LogP contribution in [-0.2, 0) is 6.54 Å². The van der Waals surface area contributed by atoms with Crippen LogP contribution in [-0.4, -0.2) is 0 Å². The Morgan fingerprint density at radius 3 is 2.64 bits per heavy atom. The van der Waals surface area contributed by atoms with Gasteiger partial charge in [-0.3, -0.25) is 10.7 Å². The van der Waals surface area contributed by atoms with Gasteiger partial charge in [-0.1, -0.05) is 23.7 Å². The van der Waals surface area contributed by atoms with E-state index in [2.05, 4.69) is 9.79 Å². The van der Waals surface area contributed by atoms with Gasteiger partial charge in [0.05, 0.1) is 0 Å². The van der Waals surface area contributed by atoms with E-state index >= 15 is 0 Å². The minimum absolute atomic E-state index is 0.0546. The molecule has 72 valence electrons. The Morgan fingerprint density at radius 1 is 1.36 bits per heavy atom. The zero-order valence-corrected chi connectivity index (χ0v) is 8.03. The van der Waals surface area contributed by atoms with E-state index in [1.165, 1.54) is 6.20 Å². The SMILES string of the molecule is N=c1c[n+](Cc2ccc(Cl)cc2)[n-]o1. The molecule has 1 aromatic heterocycles. The smallest absolute Gasteiger partial charge is 0.264 e. The predicted molar refractivity (Wildman–Crippen MR) is 48.6 cm³/mol. The summed E-state index contributed by atoms with van der Waals surface area (Å²) < 4.78 is 6.18. The van der Waals surface area contributed by atoms with E-state index in [1.807, 2.05) is 24.3 Å². The third-order valence-corrected chi connectivity index (χ3v) is 2.02. The molecular weight excluding hydrogens is 202 g/mol. The predicted octanol–water partition coefficient (Wildman–Crippen LogP) is 0.705. The number of hydrogen-bond acceptors (Lipinski definition) is 2. The molecule has 0 aliphatic rings. The maximum Gasteiger partial charge on any atom is 0.264 e. The number of rotatable bonds is 2. The number of nitrogens with zero attached hydrogens (tertiary/aromatic N) is 2. The second-order valence-electron chi connectivity index (χ2n) is 2.89. The molecule has 0 amide bonds. The molecule has 14 heavy (non-hydrogen) atoms. The molecule has 0 fully saturated rings. The molecule has 1 N–H and O–H groups in total. The molecule has 0 bridgehead atoms. The Labute approximate surface area is 85.2 Å². The van der Waals surface area contributed by atoms with Crippen LogP contribution in [0.5, 0.6) is 0 Å². The Morgan fingerprint density at radius 2 is 2.07 bits per heavy atom. The molecule has 0 spiro atoms. The Balaban J connectivity index is 2.19. The highest BCUT2D eigenvalue weighted by atomic mass is 35.5. The fourth-order valence-electron chi connectivity index (χ4n) is 1.13. The lowest BCUT2D eigenvalue weighted by Crippen LogP contribution is -2.37. The van der Waals surface area contributed by atoms with Crippen molar-refractivity contribution in [2.45, 2.75) is 6.54 Å². The monoisotopic (exact) mass is 209 g/mol. The minimum atomic E-state index is 0.0546. The first kappa shape index (κ1) is 9.02. The van der Waals surface area contributed by atoms with Gasteiger partial charge in [0.15, 0.2) is 6.54 Å². The molecule has 0 unspecified atom stereocenters. The maximum absolute atomic E-state index is 7.14. The van der Waals surface area contributed by atoms with E-state index in [9.17, 15) is 0 Å². The fraction of sp³-hybridized carbons (Fsp3) is 0.111. The zero-order valence-electron chi connectivity index (χ0n) is 7.27. The largest absolute Gasteiger partial charge is 0.487 e. The highest BCUT2D eigenvalue weighted by molar-refractivity contribution is 6.30. The van der Waals surface area contributed by atoms with Crippen molar-refractivity contribution in [2.75, 3.05) is 0 Å². The summed E-state index contributed by atoms with van der Waals surface area (Å²) in [7, 11) is 0. The van der Waals surface area contributed by atoms with Crippen LogP contribution in [0, 0.1) is 5.41 Å². The normalized spacial score (nSPS) is 10.4. The van der Waals surface area contributed by atoms with Crippen LogP contribution < -0.4 is 15.5 Å². The first-order valence-electron chi connectivity index (χ1n) is 4.06. The molecule has 5 heteroatoms. The van der Waals surface area contributed by atoms with E-state index in [0.29, 0.717) is 11.6 Å². The summed E-state index contributed by atoms with van der Waals surface area (Å²) in [4.78, 5) is 0. The minimum Gasteiger partial charge on any atom is -0.487 e. The summed E-state index contributed by atoms with van der Waals surface area (Å²) >= 11 is 5.75. The van der Waals surface area contributed by atoms with E-state index in [-0.39, 0.29) is 5.55 Å². The second-order valence-corrected chi connectivity index (χ2v) is 3.33. The van der Waals surface area contributed by atoms with Gasteiger partial charge >= 0.3 is 0 Å². The fourth-order valence-corrected chi connectivity index (χ4v) is 1.26. The molecule has 2 rings (SSSR count). The highest BCUT2D eigenvalue weighted by Gasteiger charge is 1.99. The van der Waals surface area contributed by atoms with Crippen molar-refractivity contribution in [3.63, 3.8) is 0 Å². The average molecular weight is 210 g/mol. The summed E-state index contributed by atoms with van der Waals surface area (Å²) in [6, 6.07) is 7.46. The molecule has 0 radical (unpaired) electrons. The zero-order chi connectivity index (χ0) is 9.97. The van der Waals surface area contributed by atoms with Gasteiger partial charge < -0.3 is 4.52 Å². The molecule has 0 aliphatic heterocycles. The number of benzene rings is 1. The van der Waals surface area contributed by atoms with Crippen LogP contribution in [0.3, 0.4) is 0 Å². The van der Waals surface area contributed by atoms with Crippen LogP contribution >= 0.6 is 11.6 Å². The van der Waals surface area contributed by atoms with Gasteiger partial charge in [0.1, 0.15) is 0 Å². The first-order chi connectivity index (χ1) is 6.74. The van der Waals surface area contributed by atoms with Crippen molar-refractivity contribution in [3.8, 4) is 0 Å². The van der Waals surface area contributed by atoms with Gasteiger partial charge in [-0.25, -0.2) is 4.68 Å². The lowest BCUT2D eigenvalue weighted by molar-refractivity contribution is -0.760. The Bertz CT molecular complexity index is 471. The van der Waals surface area contributed by atoms with Gasteiger partial charge in [0.25, 0.3) is 5.55 Å². The van der Waals surface area contributed by atoms with Crippen LogP contribution in [0.1, 0.15) is 5.56 Å². The van der Waals surface area contributed by atoms with E-state index in [4.69, 9.17) is 17.0 Å². The van der Waals surface area contributed by atoms with E-state index in [1.54, 1.807) is 4.68 Å². The van der Waals surface area contributed by atoms with E-state index < -0.39 is 0 Å². The Kier molecular flexibility index (Phi) is 2.37. The van der Waals surface area contributed by atoms with Crippen LogP contribution in [0.4, 0.5) is 0 Å². The topological polar surface area (TPSA) is 55.0 Å². The van der Waals surface area contributed by atoms with Gasteiger partial charge in [-0.15, -0.1) is 0 Å². The van der Waals surface area contributed by atoms with Crippen LogP contribution in [0.25, 0.3) is 0 Å². The highest BCUT2D eigenvalue weighted by Crippen LogP contribution is 2.08. The molecule has 4 nitrogen and oxygen atoms in total. The summed E-state index contributed by atoms with van der Waals surface area (Å²) in [5.41, 5.74) is 1.12. The van der Waals surface area contributed by atoms with Gasteiger partial charge in [0, 0.05) is 10.6 Å². The number of hydrogen-bond donors (Lipinski definition) is 1. The number of aromatic nitrogens is 2. The van der Waals surface area contributed by atoms with Crippen molar-refractivity contribution >= 4 is 11.6 Å². The van der Waals surface area contributed by atoms with Crippen molar-refractivity contribution in [3.05, 3.63) is 46.6 Å². The summed E-state index contributed by atoms with van der Waals surface area (Å²) in [6.45, 7) is 0.583. The summed E-state index contributed by atoms with van der Waals surface area (Å²) in [5, 5.41) is 11.5. The third kappa shape index (κ3) is 2.03. The van der Waals surface area contributed by atoms with Crippen LogP contribution in [0.2, 0.25) is 5.02 Å². The quantitative estimate of drug-likeness (QED) is 0.741.